The molecule has 2 aromatic rings. The molecule has 0 fully saturated rings. The average Bonchev–Trinajstić information content (AvgIpc) is 2.73. The van der Waals surface area contributed by atoms with Crippen LogP contribution in [0.15, 0.2) is 33.0 Å². The van der Waals surface area contributed by atoms with Crippen LogP contribution in [-0.2, 0) is 11.8 Å². The maximum atomic E-state index is 11.8. The number of benzene rings is 1. The van der Waals surface area contributed by atoms with Crippen LogP contribution >= 0.6 is 11.8 Å². The molecule has 0 saturated heterocycles. The number of H-pyrrole nitrogens is 1. The van der Waals surface area contributed by atoms with Crippen molar-refractivity contribution in [1.82, 2.24) is 14.8 Å². The van der Waals surface area contributed by atoms with Crippen molar-refractivity contribution in [2.45, 2.75) is 17.0 Å². The molecule has 1 aromatic heterocycles. The number of aromatic amines is 1. The zero-order valence-electron chi connectivity index (χ0n) is 11.0. The molecule has 20 heavy (non-hydrogen) atoms. The summed E-state index contributed by atoms with van der Waals surface area (Å²) in [5.74, 6) is -0.469. The first kappa shape index (κ1) is 14.2. The van der Waals surface area contributed by atoms with Gasteiger partial charge in [-0.15, -0.1) is 5.10 Å². The normalized spacial score (nSPS) is 10.5. The molecule has 0 radical (unpaired) electrons. The third-order valence-corrected chi connectivity index (χ3v) is 3.61. The predicted molar refractivity (Wildman–Crippen MR) is 74.8 cm³/mol. The second-order valence-corrected chi connectivity index (χ2v) is 4.98. The lowest BCUT2D eigenvalue weighted by Gasteiger charge is -2.07. The third kappa shape index (κ3) is 2.85. The fourth-order valence-electron chi connectivity index (χ4n) is 1.51. The number of esters is 1. The summed E-state index contributed by atoms with van der Waals surface area (Å²) < 4.78 is 6.32. The molecule has 0 unspecified atom stereocenters. The van der Waals surface area contributed by atoms with Crippen LogP contribution in [0.1, 0.15) is 17.3 Å². The SMILES string of the molecule is CCOC(=O)c1cc(Sc2n[nH]c(=O)n2C)ccc1N. The Kier molecular flexibility index (Phi) is 4.14. The molecule has 1 aromatic carbocycles. The van der Waals surface area contributed by atoms with E-state index in [0.29, 0.717) is 16.4 Å². The van der Waals surface area contributed by atoms with Gasteiger partial charge in [-0.05, 0) is 36.9 Å². The van der Waals surface area contributed by atoms with Crippen molar-refractivity contribution in [3.05, 3.63) is 34.2 Å². The van der Waals surface area contributed by atoms with Gasteiger partial charge >= 0.3 is 11.7 Å². The zero-order chi connectivity index (χ0) is 14.7. The van der Waals surface area contributed by atoms with Gasteiger partial charge in [-0.3, -0.25) is 4.57 Å². The van der Waals surface area contributed by atoms with E-state index in [4.69, 9.17) is 10.5 Å². The van der Waals surface area contributed by atoms with Gasteiger partial charge in [-0.25, -0.2) is 14.7 Å². The lowest BCUT2D eigenvalue weighted by atomic mass is 10.2. The highest BCUT2D eigenvalue weighted by Crippen LogP contribution is 2.27. The van der Waals surface area contributed by atoms with E-state index in [1.165, 1.54) is 16.3 Å². The van der Waals surface area contributed by atoms with Gasteiger partial charge in [0, 0.05) is 17.6 Å². The molecule has 3 N–H and O–H groups in total. The Bertz CT molecular complexity index is 692. The number of aromatic nitrogens is 3. The zero-order valence-corrected chi connectivity index (χ0v) is 11.9. The summed E-state index contributed by atoms with van der Waals surface area (Å²) >= 11 is 1.25. The Labute approximate surface area is 119 Å². The minimum Gasteiger partial charge on any atom is -0.462 e. The van der Waals surface area contributed by atoms with Crippen molar-refractivity contribution in [1.29, 1.82) is 0 Å². The molecule has 0 atom stereocenters. The number of hydrogen-bond donors (Lipinski definition) is 2. The van der Waals surface area contributed by atoms with Gasteiger partial charge in [0.25, 0.3) is 0 Å². The summed E-state index contributed by atoms with van der Waals surface area (Å²) in [7, 11) is 1.61. The van der Waals surface area contributed by atoms with Crippen LogP contribution < -0.4 is 11.4 Å². The van der Waals surface area contributed by atoms with Gasteiger partial charge in [-0.1, -0.05) is 0 Å². The summed E-state index contributed by atoms with van der Waals surface area (Å²) in [5, 5.41) is 6.73. The van der Waals surface area contributed by atoms with E-state index in [-0.39, 0.29) is 12.3 Å². The molecule has 8 heteroatoms. The van der Waals surface area contributed by atoms with E-state index in [0.717, 1.165) is 4.90 Å². The van der Waals surface area contributed by atoms with Crippen molar-refractivity contribution in [3.8, 4) is 0 Å². The standard InChI is InChI=1S/C12H14N4O3S/c1-3-19-10(17)8-6-7(4-5-9(8)13)20-12-15-14-11(18)16(12)2/h4-6H,3,13H2,1-2H3,(H,14,18). The van der Waals surface area contributed by atoms with Crippen molar-refractivity contribution < 1.29 is 9.53 Å². The molecule has 0 aliphatic rings. The Balaban J connectivity index is 2.30. The third-order valence-electron chi connectivity index (χ3n) is 2.57. The summed E-state index contributed by atoms with van der Waals surface area (Å²) in [6, 6.07) is 5.00. The summed E-state index contributed by atoms with van der Waals surface area (Å²) in [4.78, 5) is 23.8. The Morgan fingerprint density at radius 1 is 1.55 bits per heavy atom. The number of carbonyl (C=O) groups excluding carboxylic acids is 1. The number of ether oxygens (including phenoxy) is 1. The largest absolute Gasteiger partial charge is 0.462 e. The first-order valence-electron chi connectivity index (χ1n) is 5.88. The van der Waals surface area contributed by atoms with Crippen molar-refractivity contribution >= 4 is 23.4 Å². The smallest absolute Gasteiger partial charge is 0.343 e. The Morgan fingerprint density at radius 2 is 2.30 bits per heavy atom. The fraction of sp³-hybridized carbons (Fsp3) is 0.250. The predicted octanol–water partition coefficient (Wildman–Crippen LogP) is 1.02. The number of anilines is 1. The van der Waals surface area contributed by atoms with Crippen LogP contribution in [0, 0.1) is 0 Å². The van der Waals surface area contributed by atoms with E-state index in [1.807, 2.05) is 0 Å². The van der Waals surface area contributed by atoms with E-state index in [9.17, 15) is 9.59 Å². The molecular formula is C12H14N4O3S. The van der Waals surface area contributed by atoms with Gasteiger partial charge < -0.3 is 10.5 Å². The van der Waals surface area contributed by atoms with Crippen LogP contribution in [0.25, 0.3) is 0 Å². The Hall–Kier alpha value is -2.22. The molecule has 0 aliphatic carbocycles. The van der Waals surface area contributed by atoms with Gasteiger partial charge in [0.1, 0.15) is 0 Å². The van der Waals surface area contributed by atoms with Gasteiger partial charge in [0.05, 0.1) is 12.2 Å². The summed E-state index contributed by atoms with van der Waals surface area (Å²) in [5.41, 5.74) is 6.12. The van der Waals surface area contributed by atoms with Crippen molar-refractivity contribution in [2.75, 3.05) is 12.3 Å². The summed E-state index contributed by atoms with van der Waals surface area (Å²) in [6.45, 7) is 2.01. The van der Waals surface area contributed by atoms with Crippen LogP contribution in [0.5, 0.6) is 0 Å². The lowest BCUT2D eigenvalue weighted by molar-refractivity contribution is 0.0527. The molecule has 106 valence electrons. The highest BCUT2D eigenvalue weighted by molar-refractivity contribution is 7.99. The lowest BCUT2D eigenvalue weighted by Crippen LogP contribution is -2.12. The Morgan fingerprint density at radius 3 is 2.90 bits per heavy atom. The maximum absolute atomic E-state index is 11.8. The second-order valence-electron chi connectivity index (χ2n) is 3.94. The minimum atomic E-state index is -0.469. The van der Waals surface area contributed by atoms with E-state index >= 15 is 0 Å². The molecule has 0 aliphatic heterocycles. The monoisotopic (exact) mass is 294 g/mol. The first-order valence-corrected chi connectivity index (χ1v) is 6.70. The van der Waals surface area contributed by atoms with E-state index < -0.39 is 5.97 Å². The number of nitrogens with zero attached hydrogens (tertiary/aromatic N) is 2. The van der Waals surface area contributed by atoms with Gasteiger partial charge in [-0.2, -0.15) is 0 Å². The molecule has 0 spiro atoms. The molecule has 0 saturated carbocycles. The number of rotatable bonds is 4. The summed E-state index contributed by atoms with van der Waals surface area (Å²) in [6.07, 6.45) is 0. The molecular weight excluding hydrogens is 280 g/mol. The number of nitrogen functional groups attached to an aromatic ring is 1. The molecule has 7 nitrogen and oxygen atoms in total. The highest BCUT2D eigenvalue weighted by Gasteiger charge is 2.13. The van der Waals surface area contributed by atoms with Gasteiger partial charge in [0.15, 0.2) is 5.16 Å². The molecule has 2 rings (SSSR count). The molecule has 1 heterocycles. The average molecular weight is 294 g/mol. The van der Waals surface area contributed by atoms with Crippen molar-refractivity contribution in [2.24, 2.45) is 7.05 Å². The number of nitrogens with one attached hydrogen (secondary N) is 1. The van der Waals surface area contributed by atoms with Gasteiger partial charge in [0.2, 0.25) is 0 Å². The van der Waals surface area contributed by atoms with Crippen LogP contribution in [-0.4, -0.2) is 27.3 Å². The fourth-order valence-corrected chi connectivity index (χ4v) is 2.35. The quantitative estimate of drug-likeness (QED) is 0.644. The van der Waals surface area contributed by atoms with Crippen molar-refractivity contribution in [3.63, 3.8) is 0 Å². The van der Waals surface area contributed by atoms with E-state index in [2.05, 4.69) is 10.2 Å². The van der Waals surface area contributed by atoms with Crippen LogP contribution in [0.2, 0.25) is 0 Å². The topological polar surface area (TPSA) is 103 Å². The number of carbonyl (C=O) groups is 1. The maximum Gasteiger partial charge on any atom is 0.343 e. The van der Waals surface area contributed by atoms with E-state index in [1.54, 1.807) is 32.2 Å². The number of nitrogens with two attached hydrogens (primary N) is 1. The highest BCUT2D eigenvalue weighted by atomic mass is 32.2. The second kappa shape index (κ2) is 5.83. The molecule has 0 amide bonds. The number of hydrogen-bond acceptors (Lipinski definition) is 6. The first-order chi connectivity index (χ1) is 9.52. The van der Waals surface area contributed by atoms with Crippen LogP contribution in [0.3, 0.4) is 0 Å². The molecule has 0 bridgehead atoms. The minimum absolute atomic E-state index is 0.281. The van der Waals surface area contributed by atoms with Crippen LogP contribution in [0.4, 0.5) is 5.69 Å².